The predicted octanol–water partition coefficient (Wildman–Crippen LogP) is 1.34. The van der Waals surface area contributed by atoms with Crippen LogP contribution >= 0.6 is 0 Å². The summed E-state index contributed by atoms with van der Waals surface area (Å²) in [5, 5.41) is 2.84. The van der Waals surface area contributed by atoms with Crippen molar-refractivity contribution in [2.24, 2.45) is 17.6 Å². The van der Waals surface area contributed by atoms with Gasteiger partial charge in [-0.05, 0) is 37.8 Å². The number of piperidine rings is 1. The van der Waals surface area contributed by atoms with Gasteiger partial charge in [0, 0.05) is 31.7 Å². The van der Waals surface area contributed by atoms with E-state index in [1.54, 1.807) is 31.3 Å². The van der Waals surface area contributed by atoms with Gasteiger partial charge in [0.1, 0.15) is 5.92 Å². The number of hydrogen-bond donors (Lipinski definition) is 2. The van der Waals surface area contributed by atoms with E-state index in [9.17, 15) is 19.2 Å². The Morgan fingerprint density at radius 2 is 1.77 bits per heavy atom. The van der Waals surface area contributed by atoms with Crippen LogP contribution in [0.15, 0.2) is 30.3 Å². The number of likely N-dealkylation sites (tertiary alicyclic amines) is 2. The number of rotatable bonds is 4. The van der Waals surface area contributed by atoms with E-state index in [0.717, 1.165) is 19.3 Å². The number of primary amides is 1. The maximum Gasteiger partial charge on any atom is 0.405 e. The van der Waals surface area contributed by atoms with Crippen molar-refractivity contribution >= 4 is 29.5 Å². The Morgan fingerprint density at radius 3 is 2.32 bits per heavy atom. The van der Waals surface area contributed by atoms with Gasteiger partial charge in [-0.1, -0.05) is 24.6 Å². The van der Waals surface area contributed by atoms with Crippen LogP contribution < -0.4 is 11.1 Å². The molecule has 2 atom stereocenters. The third-order valence-corrected chi connectivity index (χ3v) is 7.09. The van der Waals surface area contributed by atoms with Crippen LogP contribution in [0.25, 0.3) is 0 Å². The normalized spacial score (nSPS) is 25.3. The molecule has 1 aromatic carbocycles. The number of likely N-dealkylation sites (N-methyl/N-ethyl adjacent to an activating group) is 1. The highest BCUT2D eigenvalue weighted by Gasteiger charge is 2.62. The second-order valence-electron chi connectivity index (χ2n) is 8.64. The number of anilines is 1. The highest BCUT2D eigenvalue weighted by molar-refractivity contribution is 6.01. The van der Waals surface area contributed by atoms with Crippen LogP contribution in [0.2, 0.25) is 0 Å². The first-order valence-corrected chi connectivity index (χ1v) is 10.7. The molecule has 3 N–H and O–H groups in total. The number of hydrogen-bond acceptors (Lipinski definition) is 5. The number of nitrogens with one attached hydrogen (secondary N) is 1. The molecule has 2 saturated heterocycles. The lowest BCUT2D eigenvalue weighted by atomic mass is 9.75. The summed E-state index contributed by atoms with van der Waals surface area (Å²) in [6.07, 6.45) is 1.40. The van der Waals surface area contributed by atoms with Crippen LogP contribution in [-0.4, -0.2) is 65.4 Å². The van der Waals surface area contributed by atoms with Crippen LogP contribution in [0.4, 0.5) is 10.5 Å². The van der Waals surface area contributed by atoms with Crippen molar-refractivity contribution in [3.8, 4) is 0 Å². The summed E-state index contributed by atoms with van der Waals surface area (Å²) in [5.74, 6) is -1.54. The fourth-order valence-electron chi connectivity index (χ4n) is 5.08. The van der Waals surface area contributed by atoms with Crippen molar-refractivity contribution in [2.45, 2.75) is 43.7 Å². The van der Waals surface area contributed by atoms with Crippen molar-refractivity contribution in [2.75, 3.05) is 25.5 Å². The fraction of sp³-hybridized carbons (Fsp3) is 0.545. The molecule has 4 rings (SSSR count). The molecule has 0 aromatic heterocycles. The molecule has 2 heterocycles. The van der Waals surface area contributed by atoms with Crippen LogP contribution in [0.1, 0.15) is 32.1 Å². The molecule has 0 bridgehead atoms. The average Bonchev–Trinajstić information content (AvgIpc) is 2.89. The van der Waals surface area contributed by atoms with E-state index in [2.05, 4.69) is 5.32 Å². The number of para-hydroxylation sites is 1. The first-order chi connectivity index (χ1) is 14.8. The van der Waals surface area contributed by atoms with Gasteiger partial charge >= 0.3 is 6.09 Å². The van der Waals surface area contributed by atoms with Gasteiger partial charge in [0.05, 0.1) is 5.54 Å². The molecule has 3 fully saturated rings. The van der Waals surface area contributed by atoms with E-state index in [-0.39, 0.29) is 11.8 Å². The highest BCUT2D eigenvalue weighted by Crippen LogP contribution is 2.45. The zero-order valence-electron chi connectivity index (χ0n) is 17.6. The second-order valence-corrected chi connectivity index (χ2v) is 8.64. The topological polar surface area (TPSA) is 122 Å². The minimum atomic E-state index is -1.29. The van der Waals surface area contributed by atoms with E-state index in [4.69, 9.17) is 10.5 Å². The Kier molecular flexibility index (Phi) is 5.60. The summed E-state index contributed by atoms with van der Waals surface area (Å²) in [5.41, 5.74) is 4.94. The number of carbonyl (C=O) groups is 4. The first kappa shape index (κ1) is 21.1. The Balaban J connectivity index is 1.59. The number of amides is 4. The van der Waals surface area contributed by atoms with E-state index in [1.165, 1.54) is 4.90 Å². The number of nitrogens with two attached hydrogens (primary N) is 1. The van der Waals surface area contributed by atoms with Crippen molar-refractivity contribution in [3.05, 3.63) is 30.3 Å². The van der Waals surface area contributed by atoms with Crippen molar-refractivity contribution in [1.29, 1.82) is 0 Å². The Bertz CT molecular complexity index is 877. The largest absolute Gasteiger partial charge is 0.435 e. The lowest BCUT2D eigenvalue weighted by molar-refractivity contribution is -0.142. The number of nitrogens with zero attached hydrogens (tertiary/aromatic N) is 2. The summed E-state index contributed by atoms with van der Waals surface area (Å²) in [4.78, 5) is 53.9. The summed E-state index contributed by atoms with van der Waals surface area (Å²) in [6, 6.07) is 8.90. The van der Waals surface area contributed by atoms with Gasteiger partial charge in [-0.15, -0.1) is 0 Å². The van der Waals surface area contributed by atoms with Crippen molar-refractivity contribution in [3.63, 3.8) is 0 Å². The maximum absolute atomic E-state index is 13.3. The molecule has 2 aliphatic heterocycles. The van der Waals surface area contributed by atoms with Gasteiger partial charge in [0.15, 0.2) is 6.10 Å². The molecule has 0 unspecified atom stereocenters. The molecule has 1 spiro atoms. The second kappa shape index (κ2) is 8.20. The van der Waals surface area contributed by atoms with E-state index in [1.807, 2.05) is 11.0 Å². The molecule has 9 heteroatoms. The molecule has 166 valence electrons. The Morgan fingerprint density at radius 1 is 1.13 bits per heavy atom. The number of ether oxygens (including phenoxy) is 1. The molecule has 3 aliphatic rings. The smallest absolute Gasteiger partial charge is 0.405 e. The standard InChI is InChI=1S/C22H28N4O5/c1-25-20(29)17(31-21(23)30)16(18(27)24-15-8-3-2-4-9-15)22(25)10-12-26(13-11-22)19(28)14-6-5-7-14/h2-4,8-9,14,16-17H,5-7,10-13H2,1H3,(H2,23,30)(H,24,27)/t16-,17+/m0/s1. The molecule has 31 heavy (non-hydrogen) atoms. The van der Waals surface area contributed by atoms with E-state index >= 15 is 0 Å². The molecular formula is C22H28N4O5. The van der Waals surface area contributed by atoms with Crippen molar-refractivity contribution < 1.29 is 23.9 Å². The molecule has 9 nitrogen and oxygen atoms in total. The quantitative estimate of drug-likeness (QED) is 0.749. The van der Waals surface area contributed by atoms with Crippen molar-refractivity contribution in [1.82, 2.24) is 9.80 Å². The monoisotopic (exact) mass is 428 g/mol. The third kappa shape index (κ3) is 3.73. The van der Waals surface area contributed by atoms with E-state index < -0.39 is 35.5 Å². The molecule has 4 amide bonds. The molecule has 1 saturated carbocycles. The van der Waals surface area contributed by atoms with Crippen LogP contribution in [0, 0.1) is 11.8 Å². The zero-order chi connectivity index (χ0) is 22.2. The number of carbonyl (C=O) groups excluding carboxylic acids is 4. The van der Waals surface area contributed by atoms with Gasteiger partial charge in [0.25, 0.3) is 5.91 Å². The van der Waals surface area contributed by atoms with Gasteiger partial charge in [0.2, 0.25) is 11.8 Å². The lowest BCUT2D eigenvalue weighted by Gasteiger charge is -2.46. The predicted molar refractivity (Wildman–Crippen MR) is 112 cm³/mol. The lowest BCUT2D eigenvalue weighted by Crippen LogP contribution is -2.58. The first-order valence-electron chi connectivity index (χ1n) is 10.7. The SMILES string of the molecule is CN1C(=O)[C@H](OC(N)=O)[C@@H](C(=O)Nc2ccccc2)C12CCN(C(=O)C1CCC1)CC2. The molecular weight excluding hydrogens is 400 g/mol. The maximum atomic E-state index is 13.3. The van der Waals surface area contributed by atoms with Gasteiger partial charge in [-0.25, -0.2) is 4.79 Å². The van der Waals surface area contributed by atoms with Crippen LogP contribution in [0.3, 0.4) is 0 Å². The summed E-state index contributed by atoms with van der Waals surface area (Å²) < 4.78 is 5.14. The summed E-state index contributed by atoms with van der Waals surface area (Å²) >= 11 is 0. The minimum Gasteiger partial charge on any atom is -0.435 e. The third-order valence-electron chi connectivity index (χ3n) is 7.09. The van der Waals surface area contributed by atoms with Gasteiger partial charge in [-0.2, -0.15) is 0 Å². The van der Waals surface area contributed by atoms with Crippen LogP contribution in [-0.2, 0) is 19.1 Å². The zero-order valence-corrected chi connectivity index (χ0v) is 17.6. The number of benzene rings is 1. The molecule has 0 radical (unpaired) electrons. The fourth-order valence-corrected chi connectivity index (χ4v) is 5.08. The Hall–Kier alpha value is -3.10. The minimum absolute atomic E-state index is 0.0973. The summed E-state index contributed by atoms with van der Waals surface area (Å²) in [7, 11) is 1.62. The average molecular weight is 428 g/mol. The van der Waals surface area contributed by atoms with E-state index in [0.29, 0.717) is 31.6 Å². The van der Waals surface area contributed by atoms with Gasteiger partial charge in [-0.3, -0.25) is 14.4 Å². The van der Waals surface area contributed by atoms with Crippen LogP contribution in [0.5, 0.6) is 0 Å². The Labute approximate surface area is 180 Å². The molecule has 1 aromatic rings. The highest BCUT2D eigenvalue weighted by atomic mass is 16.6. The summed E-state index contributed by atoms with van der Waals surface area (Å²) in [6.45, 7) is 0.900. The van der Waals surface area contributed by atoms with Gasteiger partial charge < -0.3 is 25.6 Å². The molecule has 1 aliphatic carbocycles.